The Labute approximate surface area is 335 Å². The Hall–Kier alpha value is -0.246. The predicted octanol–water partition coefficient (Wildman–Crippen LogP) is 0.222. The molecule has 17 nitrogen and oxygen atoms in total. The molecule has 0 saturated carbocycles. The molecule has 0 heterocycles. The predicted molar refractivity (Wildman–Crippen MR) is 219 cm³/mol. The van der Waals surface area contributed by atoms with Crippen LogP contribution < -0.4 is 16.4 Å². The van der Waals surface area contributed by atoms with Crippen LogP contribution in [0.1, 0.15) is 47.5 Å². The van der Waals surface area contributed by atoms with Crippen LogP contribution in [0.5, 0.6) is 0 Å². The number of aliphatic hydroxyl groups excluding tert-OH is 3. The van der Waals surface area contributed by atoms with Crippen LogP contribution in [-0.2, 0) is 40.8 Å². The van der Waals surface area contributed by atoms with Gasteiger partial charge in [0.2, 0.25) is 0 Å². The summed E-state index contributed by atoms with van der Waals surface area (Å²) in [7, 11) is 2.63. The first kappa shape index (κ1) is 54.8. The van der Waals surface area contributed by atoms with Gasteiger partial charge in [0.05, 0.1) is 43.7 Å². The van der Waals surface area contributed by atoms with Crippen molar-refractivity contribution in [2.45, 2.75) is 83.5 Å². The summed E-state index contributed by atoms with van der Waals surface area (Å²) in [6, 6.07) is 1.26. The van der Waals surface area contributed by atoms with Crippen LogP contribution in [0.3, 0.4) is 0 Å². The summed E-state index contributed by atoms with van der Waals surface area (Å²) in [4.78, 5) is 4.37. The molecule has 0 aliphatic heterocycles. The van der Waals surface area contributed by atoms with Crippen molar-refractivity contribution in [2.24, 2.45) is 11.7 Å². The Morgan fingerprint density at radius 2 is 1.09 bits per heavy atom. The van der Waals surface area contributed by atoms with Gasteiger partial charge in [0, 0.05) is 139 Å². The van der Waals surface area contributed by atoms with Crippen LogP contribution in [0, 0.1) is 5.92 Å². The molecule has 0 radical (unpaired) electrons. The van der Waals surface area contributed by atoms with Gasteiger partial charge in [-0.05, 0) is 39.5 Å². The molecule has 55 heavy (non-hydrogen) atoms. The maximum absolute atomic E-state index is 11.0. The second kappa shape index (κ2) is 32.6. The second-order valence-corrected chi connectivity index (χ2v) is 21.2. The van der Waals surface area contributed by atoms with Crippen molar-refractivity contribution in [1.82, 2.24) is 20.4 Å². The maximum Gasteiger partial charge on any atom is 0.500 e. The molecule has 0 fully saturated rings. The van der Waals surface area contributed by atoms with Crippen molar-refractivity contribution in [3.8, 4) is 0 Å². The minimum absolute atomic E-state index is 0.201. The van der Waals surface area contributed by atoms with E-state index in [0.29, 0.717) is 116 Å². The number of hydrogen-bond acceptors (Lipinski definition) is 17. The first-order valence-corrected chi connectivity index (χ1v) is 23.8. The van der Waals surface area contributed by atoms with E-state index in [1.54, 1.807) is 35.5 Å². The second-order valence-electron chi connectivity index (χ2n) is 15.2. The zero-order valence-electron chi connectivity index (χ0n) is 36.1. The normalized spacial score (nSPS) is 14.8. The zero-order chi connectivity index (χ0) is 41.6. The SMILES string of the molecule is CO[Si](CCCOCC(O)CNCCN(CCN(CCNCCN)CC(O)COCCC[Si](OC)(OC)OCC(C)C)CC(O)COC(C)(C)C)(OC)OC. The van der Waals surface area contributed by atoms with E-state index >= 15 is 0 Å². The third-order valence-corrected chi connectivity index (χ3v) is 14.3. The third-order valence-electron chi connectivity index (χ3n) is 8.65. The molecule has 0 aromatic heterocycles. The van der Waals surface area contributed by atoms with Gasteiger partial charge >= 0.3 is 17.6 Å². The lowest BCUT2D eigenvalue weighted by Crippen LogP contribution is -2.47. The summed E-state index contributed by atoms with van der Waals surface area (Å²) in [6.07, 6.45) is -0.645. The van der Waals surface area contributed by atoms with E-state index in [0.717, 1.165) is 6.54 Å². The van der Waals surface area contributed by atoms with E-state index in [2.05, 4.69) is 34.3 Å². The Morgan fingerprint density at radius 3 is 1.56 bits per heavy atom. The van der Waals surface area contributed by atoms with Crippen LogP contribution in [0.2, 0.25) is 12.1 Å². The number of rotatable bonds is 39. The average Bonchev–Trinajstić information content (AvgIpc) is 3.15. The fourth-order valence-corrected chi connectivity index (χ4v) is 9.31. The van der Waals surface area contributed by atoms with E-state index in [1.807, 2.05) is 20.8 Å². The van der Waals surface area contributed by atoms with Gasteiger partial charge in [-0.25, -0.2) is 0 Å². The number of ether oxygens (including phenoxy) is 3. The number of nitrogens with one attached hydrogen (secondary N) is 2. The van der Waals surface area contributed by atoms with Crippen molar-refractivity contribution in [3.05, 3.63) is 0 Å². The topological polar surface area (TPSA) is 200 Å². The Bertz CT molecular complexity index is 871. The van der Waals surface area contributed by atoms with Crippen LogP contribution in [0.4, 0.5) is 0 Å². The molecule has 332 valence electrons. The summed E-state index contributed by atoms with van der Waals surface area (Å²) < 4.78 is 51.1. The van der Waals surface area contributed by atoms with Gasteiger partial charge in [-0.2, -0.15) is 0 Å². The third kappa shape index (κ3) is 28.8. The number of aliphatic hydroxyl groups is 3. The Morgan fingerprint density at radius 1 is 0.618 bits per heavy atom. The van der Waals surface area contributed by atoms with Gasteiger partial charge in [-0.15, -0.1) is 0 Å². The van der Waals surface area contributed by atoms with Crippen molar-refractivity contribution in [3.63, 3.8) is 0 Å². The quantitative estimate of drug-likeness (QED) is 0.0363. The monoisotopic (exact) mass is 834 g/mol. The van der Waals surface area contributed by atoms with Crippen LogP contribution in [0.25, 0.3) is 0 Å². The number of nitrogens with zero attached hydrogens (tertiary/aromatic N) is 2. The van der Waals surface area contributed by atoms with E-state index in [4.69, 9.17) is 46.5 Å². The van der Waals surface area contributed by atoms with Crippen molar-refractivity contribution < 1.29 is 56.1 Å². The fourth-order valence-electron chi connectivity index (χ4n) is 5.50. The summed E-state index contributed by atoms with van der Waals surface area (Å²) in [5.41, 5.74) is 5.32. The molecule has 0 spiro atoms. The smallest absolute Gasteiger partial charge is 0.389 e. The largest absolute Gasteiger partial charge is 0.500 e. The summed E-state index contributed by atoms with van der Waals surface area (Å²) in [6.45, 7) is 18.6. The first-order chi connectivity index (χ1) is 26.1. The van der Waals surface area contributed by atoms with Gasteiger partial charge in [0.25, 0.3) is 0 Å². The highest BCUT2D eigenvalue weighted by Crippen LogP contribution is 2.18. The van der Waals surface area contributed by atoms with Gasteiger partial charge in [0.1, 0.15) is 0 Å². The lowest BCUT2D eigenvalue weighted by molar-refractivity contribution is -0.0566. The van der Waals surface area contributed by atoms with Gasteiger partial charge in [0.15, 0.2) is 0 Å². The van der Waals surface area contributed by atoms with E-state index < -0.39 is 35.9 Å². The zero-order valence-corrected chi connectivity index (χ0v) is 38.1. The van der Waals surface area contributed by atoms with Gasteiger partial charge in [-0.1, -0.05) is 13.8 Å². The molecular formula is C36H83N5O12Si2. The van der Waals surface area contributed by atoms with Gasteiger partial charge in [-0.3, -0.25) is 9.80 Å². The summed E-state index contributed by atoms with van der Waals surface area (Å²) in [5, 5.41) is 39.0. The first-order valence-electron chi connectivity index (χ1n) is 19.9. The fraction of sp³-hybridized carbons (Fsp3) is 1.00. The minimum Gasteiger partial charge on any atom is -0.389 e. The van der Waals surface area contributed by atoms with Crippen LogP contribution >= 0.6 is 0 Å². The Balaban J connectivity index is 5.10. The molecule has 0 aliphatic rings. The highest BCUT2D eigenvalue weighted by Gasteiger charge is 2.39. The van der Waals surface area contributed by atoms with Crippen molar-refractivity contribution in [2.75, 3.05) is 147 Å². The molecule has 0 aromatic rings. The summed E-state index contributed by atoms with van der Waals surface area (Å²) in [5.74, 6) is 0.373. The van der Waals surface area contributed by atoms with E-state index in [-0.39, 0.29) is 25.4 Å². The molecule has 0 rings (SSSR count). The molecule has 0 aromatic carbocycles. The number of nitrogens with two attached hydrogens (primary N) is 1. The highest BCUT2D eigenvalue weighted by molar-refractivity contribution is 6.60. The van der Waals surface area contributed by atoms with E-state index in [1.165, 1.54) is 0 Å². The molecule has 19 heteroatoms. The molecule has 3 atom stereocenters. The molecule has 0 aliphatic carbocycles. The average molecular weight is 834 g/mol. The molecule has 7 N–H and O–H groups in total. The minimum atomic E-state index is -2.74. The number of hydrogen-bond donors (Lipinski definition) is 6. The molecular weight excluding hydrogens is 751 g/mol. The standard InChI is InChI=1S/C36H83N5O12Si2/c1-32(2)28-53-55(48-9,49-10)24-12-22-51-30-34(43)26-40(17-15-38-14-13-37)19-20-41(27-35(44)31-52-36(3,4)5)18-16-39-25-33(42)29-50-21-11-23-54(45-6,46-7)47-8/h32-35,38-39,42-44H,11-31,37H2,1-10H3. The lowest BCUT2D eigenvalue weighted by atomic mass is 10.2. The lowest BCUT2D eigenvalue weighted by Gasteiger charge is -2.31. The molecule has 3 unspecified atom stereocenters. The van der Waals surface area contributed by atoms with Crippen LogP contribution in [-0.4, -0.2) is 214 Å². The molecule has 0 bridgehead atoms. The Kier molecular flexibility index (Phi) is 32.4. The van der Waals surface area contributed by atoms with Gasteiger partial charge < -0.3 is 72.5 Å². The highest BCUT2D eigenvalue weighted by atomic mass is 28.4. The summed E-state index contributed by atoms with van der Waals surface area (Å²) >= 11 is 0. The molecule has 0 amide bonds. The maximum atomic E-state index is 11.0. The molecule has 0 saturated heterocycles. The van der Waals surface area contributed by atoms with Crippen LogP contribution in [0.15, 0.2) is 0 Å². The van der Waals surface area contributed by atoms with Crippen molar-refractivity contribution in [1.29, 1.82) is 0 Å². The van der Waals surface area contributed by atoms with Crippen molar-refractivity contribution >= 4 is 17.6 Å². The van der Waals surface area contributed by atoms with E-state index in [9.17, 15) is 15.3 Å².